The predicted molar refractivity (Wildman–Crippen MR) is 87.7 cm³/mol. The van der Waals surface area contributed by atoms with Crippen LogP contribution in [0.15, 0.2) is 34.6 Å². The van der Waals surface area contributed by atoms with Crippen molar-refractivity contribution in [3.8, 4) is 11.8 Å². The molecule has 0 bridgehead atoms. The molecule has 21 heavy (non-hydrogen) atoms. The molecule has 0 N–H and O–H groups in total. The summed E-state index contributed by atoms with van der Waals surface area (Å²) in [6.07, 6.45) is 7.06. The third kappa shape index (κ3) is 12.4. The highest BCUT2D eigenvalue weighted by Gasteiger charge is 2.24. The van der Waals surface area contributed by atoms with Gasteiger partial charge in [-0.2, -0.15) is 0 Å². The van der Waals surface area contributed by atoms with Gasteiger partial charge in [0.2, 0.25) is 11.2 Å². The lowest BCUT2D eigenvalue weighted by molar-refractivity contribution is -0.116. The lowest BCUT2D eigenvalue weighted by Gasteiger charge is -2.09. The van der Waals surface area contributed by atoms with Gasteiger partial charge in [0.05, 0.1) is 11.3 Å². The first-order valence-electron chi connectivity index (χ1n) is 6.36. The fraction of sp³-hybridized carbons (Fsp3) is 0.400. The highest BCUT2D eigenvalue weighted by Crippen LogP contribution is 2.60. The molecule has 0 spiro atoms. The molecule has 1 nitrogen and oxygen atoms in total. The quantitative estimate of drug-likeness (QED) is 0.311. The Bertz CT molecular complexity index is 466. The SMILES string of the molecule is C\C=C(/C=C\C=C\SCCCC#CCC(C)=O)S(F)(F)F. The fourth-order valence-corrected chi connectivity index (χ4v) is 2.29. The van der Waals surface area contributed by atoms with Crippen LogP contribution in [0.4, 0.5) is 11.7 Å². The van der Waals surface area contributed by atoms with Crippen LogP contribution in [0.25, 0.3) is 0 Å². The highest BCUT2D eigenvalue weighted by molar-refractivity contribution is 8.24. The third-order valence-corrected chi connectivity index (χ3v) is 3.90. The Morgan fingerprint density at radius 1 is 1.24 bits per heavy atom. The first kappa shape index (κ1) is 19.9. The molecule has 0 unspecified atom stereocenters. The Morgan fingerprint density at radius 3 is 2.52 bits per heavy atom. The van der Waals surface area contributed by atoms with Gasteiger partial charge in [-0.25, -0.2) is 0 Å². The van der Waals surface area contributed by atoms with E-state index in [1.54, 1.807) is 11.5 Å². The van der Waals surface area contributed by atoms with Crippen molar-refractivity contribution in [2.75, 3.05) is 5.75 Å². The number of rotatable bonds is 8. The second-order valence-corrected chi connectivity index (χ2v) is 6.29. The van der Waals surface area contributed by atoms with Crippen molar-refractivity contribution in [3.05, 3.63) is 34.6 Å². The van der Waals surface area contributed by atoms with E-state index < -0.39 is 16.1 Å². The molecule has 118 valence electrons. The maximum atomic E-state index is 12.4. The Labute approximate surface area is 131 Å². The fourth-order valence-electron chi connectivity index (χ4n) is 1.15. The number of allylic oxidation sites excluding steroid dienone is 4. The van der Waals surface area contributed by atoms with Gasteiger partial charge in [-0.15, -0.1) is 29.3 Å². The molecule has 0 saturated heterocycles. The number of unbranched alkanes of at least 4 members (excludes halogenated alkanes) is 1. The Morgan fingerprint density at radius 2 is 1.95 bits per heavy atom. The maximum absolute atomic E-state index is 12.4. The largest absolute Gasteiger partial charge is 0.299 e. The van der Waals surface area contributed by atoms with E-state index >= 15 is 0 Å². The van der Waals surface area contributed by atoms with Crippen LogP contribution >= 0.6 is 22.9 Å². The second-order valence-electron chi connectivity index (χ2n) is 3.99. The number of ketones is 1. The van der Waals surface area contributed by atoms with Gasteiger partial charge in [-0.05, 0) is 37.5 Å². The molecular weight excluding hydrogens is 317 g/mol. The molecule has 6 heteroatoms. The number of thioether (sulfide) groups is 1. The summed E-state index contributed by atoms with van der Waals surface area (Å²) < 4.78 is 37.3. The summed E-state index contributed by atoms with van der Waals surface area (Å²) in [4.78, 5) is 10.0. The van der Waals surface area contributed by atoms with Gasteiger partial charge in [-0.3, -0.25) is 4.79 Å². The van der Waals surface area contributed by atoms with Gasteiger partial charge in [0.1, 0.15) is 5.78 Å². The van der Waals surface area contributed by atoms with Gasteiger partial charge in [0, 0.05) is 6.42 Å². The molecule has 0 radical (unpaired) electrons. The van der Waals surface area contributed by atoms with Gasteiger partial charge >= 0.3 is 0 Å². The van der Waals surface area contributed by atoms with Gasteiger partial charge < -0.3 is 0 Å². The van der Waals surface area contributed by atoms with E-state index in [-0.39, 0.29) is 5.78 Å². The highest BCUT2D eigenvalue weighted by atomic mass is 32.3. The number of hydrogen-bond donors (Lipinski definition) is 0. The minimum atomic E-state index is -5.14. The van der Waals surface area contributed by atoms with Crippen LogP contribution < -0.4 is 0 Å². The van der Waals surface area contributed by atoms with Crippen LogP contribution in [0.5, 0.6) is 0 Å². The molecule has 0 atom stereocenters. The van der Waals surface area contributed by atoms with Crippen LogP contribution in [0.2, 0.25) is 0 Å². The van der Waals surface area contributed by atoms with Crippen LogP contribution in [-0.4, -0.2) is 11.5 Å². The molecule has 0 aromatic rings. The third-order valence-electron chi connectivity index (χ3n) is 2.12. The van der Waals surface area contributed by atoms with Crippen molar-refractivity contribution in [1.82, 2.24) is 0 Å². The zero-order chi connectivity index (χ0) is 16.1. The standard InChI is InChI=1S/C15H19F3OS2/c1-3-15(21(16,17)18)11-7-9-13-20-12-8-5-4-6-10-14(2)19/h3,7,9,11,13H,5,8,10,12H2,1-2H3/b11-7-,13-9+,15-3+. The Balaban J connectivity index is 3.83. The Kier molecular flexibility index (Phi) is 11.0. The van der Waals surface area contributed by atoms with Crippen LogP contribution in [0.3, 0.4) is 0 Å². The van der Waals surface area contributed by atoms with Crippen LogP contribution in [0, 0.1) is 11.8 Å². The molecule has 0 aromatic heterocycles. The van der Waals surface area contributed by atoms with Gasteiger partial charge in [-0.1, -0.05) is 24.1 Å². The number of halogens is 3. The number of carbonyl (C=O) groups excluding carboxylic acids is 1. The minimum absolute atomic E-state index is 0.0628. The summed E-state index contributed by atoms with van der Waals surface area (Å²) >= 11 is -3.61. The second kappa shape index (κ2) is 11.6. The molecule has 0 rings (SSSR count). The molecule has 0 aromatic carbocycles. The smallest absolute Gasteiger partial charge is 0.237 e. The Hall–Kier alpha value is -1.06. The molecule has 0 fully saturated rings. The molecule has 0 amide bonds. The number of hydrogen-bond acceptors (Lipinski definition) is 2. The monoisotopic (exact) mass is 336 g/mol. The number of Topliss-reactive ketones (excluding diaryl/α,β-unsaturated/α-hetero) is 1. The normalized spacial score (nSPS) is 13.5. The summed E-state index contributed by atoms with van der Waals surface area (Å²) in [5.41, 5.74) is 0. The van der Waals surface area contributed by atoms with E-state index in [2.05, 4.69) is 11.8 Å². The van der Waals surface area contributed by atoms with Crippen molar-refractivity contribution in [2.24, 2.45) is 0 Å². The molecule has 0 heterocycles. The summed E-state index contributed by atoms with van der Waals surface area (Å²) in [6.45, 7) is 2.88. The van der Waals surface area contributed by atoms with Crippen LogP contribution in [-0.2, 0) is 4.79 Å². The van der Waals surface area contributed by atoms with Crippen molar-refractivity contribution in [1.29, 1.82) is 0 Å². The molecular formula is C15H19F3OS2. The summed E-state index contributed by atoms with van der Waals surface area (Å²) in [7, 11) is 0. The topological polar surface area (TPSA) is 17.1 Å². The molecule has 0 saturated carbocycles. The summed E-state index contributed by atoms with van der Waals surface area (Å²) in [6, 6.07) is 0. The lowest BCUT2D eigenvalue weighted by Crippen LogP contribution is -1.84. The van der Waals surface area contributed by atoms with Crippen molar-refractivity contribution in [2.45, 2.75) is 33.1 Å². The zero-order valence-electron chi connectivity index (χ0n) is 12.1. The maximum Gasteiger partial charge on any atom is 0.237 e. The van der Waals surface area contributed by atoms with E-state index in [1.165, 1.54) is 31.7 Å². The summed E-state index contributed by atoms with van der Waals surface area (Å²) in [5.74, 6) is 6.60. The van der Waals surface area contributed by atoms with Gasteiger partial charge in [0.15, 0.2) is 0 Å². The first-order valence-corrected chi connectivity index (χ1v) is 8.74. The van der Waals surface area contributed by atoms with Gasteiger partial charge in [0.25, 0.3) is 0 Å². The summed E-state index contributed by atoms with van der Waals surface area (Å²) in [5, 5.41) is 1.76. The van der Waals surface area contributed by atoms with Crippen LogP contribution in [0.1, 0.15) is 33.1 Å². The van der Waals surface area contributed by atoms with Crippen molar-refractivity contribution < 1.29 is 16.5 Å². The lowest BCUT2D eigenvalue weighted by atomic mass is 10.3. The average molecular weight is 336 g/mol. The van der Waals surface area contributed by atoms with E-state index in [1.807, 2.05) is 0 Å². The van der Waals surface area contributed by atoms with E-state index in [0.29, 0.717) is 6.42 Å². The molecule has 0 aliphatic carbocycles. The van der Waals surface area contributed by atoms with Crippen molar-refractivity contribution in [3.63, 3.8) is 0 Å². The van der Waals surface area contributed by atoms with E-state index in [9.17, 15) is 16.5 Å². The average Bonchev–Trinajstić information content (AvgIpc) is 2.38. The number of carbonyl (C=O) groups is 1. The zero-order valence-corrected chi connectivity index (χ0v) is 13.7. The van der Waals surface area contributed by atoms with E-state index in [4.69, 9.17) is 0 Å². The molecule has 0 aliphatic heterocycles. The van der Waals surface area contributed by atoms with Crippen molar-refractivity contribution >= 4 is 28.7 Å². The first-order chi connectivity index (χ1) is 9.88. The predicted octanol–water partition coefficient (Wildman–Crippen LogP) is 5.91. The van der Waals surface area contributed by atoms with E-state index in [0.717, 1.165) is 30.7 Å². The molecule has 0 aliphatic rings. The minimum Gasteiger partial charge on any atom is -0.299 e.